The number of aliphatic hydroxyl groups is 1. The number of hydrogen-bond acceptors (Lipinski definition) is 5. The highest BCUT2D eigenvalue weighted by molar-refractivity contribution is 5.75. The van der Waals surface area contributed by atoms with Crippen LogP contribution in [0.3, 0.4) is 0 Å². The largest absolute Gasteiger partial charge is 0.504 e. The van der Waals surface area contributed by atoms with Gasteiger partial charge in [0.1, 0.15) is 11.4 Å². The predicted molar refractivity (Wildman–Crippen MR) is 86.9 cm³/mol. The molecule has 3 rings (SSSR count). The van der Waals surface area contributed by atoms with Gasteiger partial charge in [0.15, 0.2) is 11.5 Å². The maximum Gasteiger partial charge on any atom is 0.200 e. The standard InChI is InChI=1S/C18H18O5/c1-18(10-19)6-5-12-7-11(3-4-15(12)23-18)13-8-14(20)17(21)16(9-13)22-2/h3-9,19-21H,10H2,1-2H3/t18-/m1/s1. The number of benzene rings is 2. The molecule has 0 amide bonds. The Bertz CT molecular complexity index is 781. The number of fused-ring (bicyclic) bond motifs is 1. The molecule has 1 aliphatic rings. The fraction of sp³-hybridized carbons (Fsp3) is 0.222. The lowest BCUT2D eigenvalue weighted by Gasteiger charge is -2.29. The highest BCUT2D eigenvalue weighted by Crippen LogP contribution is 2.41. The van der Waals surface area contributed by atoms with Crippen LogP contribution in [-0.2, 0) is 0 Å². The van der Waals surface area contributed by atoms with Gasteiger partial charge < -0.3 is 24.8 Å². The molecule has 2 aromatic rings. The molecule has 1 aliphatic heterocycles. The molecule has 0 fully saturated rings. The zero-order valence-electron chi connectivity index (χ0n) is 12.9. The van der Waals surface area contributed by atoms with Crippen LogP contribution >= 0.6 is 0 Å². The van der Waals surface area contributed by atoms with Crippen LogP contribution in [0, 0.1) is 0 Å². The van der Waals surface area contributed by atoms with Gasteiger partial charge >= 0.3 is 0 Å². The smallest absolute Gasteiger partial charge is 0.200 e. The van der Waals surface area contributed by atoms with Gasteiger partial charge in [-0.1, -0.05) is 12.1 Å². The molecule has 0 bridgehead atoms. The first-order valence-corrected chi connectivity index (χ1v) is 7.19. The summed E-state index contributed by atoms with van der Waals surface area (Å²) in [5.41, 5.74) is 1.72. The van der Waals surface area contributed by atoms with E-state index in [0.29, 0.717) is 11.3 Å². The van der Waals surface area contributed by atoms with Crippen molar-refractivity contribution >= 4 is 6.08 Å². The first-order valence-electron chi connectivity index (χ1n) is 7.19. The van der Waals surface area contributed by atoms with E-state index in [1.807, 2.05) is 37.3 Å². The van der Waals surface area contributed by atoms with E-state index in [-0.39, 0.29) is 23.9 Å². The van der Waals surface area contributed by atoms with Crippen LogP contribution in [0.1, 0.15) is 12.5 Å². The molecule has 0 aromatic heterocycles. The Balaban J connectivity index is 2.03. The molecular formula is C18H18O5. The third kappa shape index (κ3) is 2.71. The summed E-state index contributed by atoms with van der Waals surface area (Å²) < 4.78 is 10.9. The minimum Gasteiger partial charge on any atom is -0.504 e. The van der Waals surface area contributed by atoms with E-state index < -0.39 is 5.60 Å². The van der Waals surface area contributed by atoms with Crippen molar-refractivity contribution in [3.05, 3.63) is 42.0 Å². The zero-order valence-corrected chi connectivity index (χ0v) is 12.9. The SMILES string of the molecule is COc1cc(-c2ccc3c(c2)C=C[C@](C)(CO)O3)cc(O)c1O. The Kier molecular flexibility index (Phi) is 3.66. The lowest BCUT2D eigenvalue weighted by molar-refractivity contribution is 0.0641. The third-order valence-corrected chi connectivity index (χ3v) is 3.89. The van der Waals surface area contributed by atoms with E-state index in [9.17, 15) is 15.3 Å². The summed E-state index contributed by atoms with van der Waals surface area (Å²) in [6, 6.07) is 8.71. The number of methoxy groups -OCH3 is 1. The zero-order chi connectivity index (χ0) is 16.6. The Hall–Kier alpha value is -2.66. The minimum atomic E-state index is -0.714. The molecule has 1 heterocycles. The van der Waals surface area contributed by atoms with Crippen molar-refractivity contribution in [2.75, 3.05) is 13.7 Å². The van der Waals surface area contributed by atoms with Gasteiger partial charge in [0.05, 0.1) is 13.7 Å². The molecule has 0 aliphatic carbocycles. The summed E-state index contributed by atoms with van der Waals surface area (Å²) in [6.07, 6.45) is 3.71. The number of aromatic hydroxyl groups is 2. The van der Waals surface area contributed by atoms with E-state index in [1.165, 1.54) is 13.2 Å². The van der Waals surface area contributed by atoms with Gasteiger partial charge in [0.2, 0.25) is 5.75 Å². The van der Waals surface area contributed by atoms with Gasteiger partial charge in [0, 0.05) is 5.56 Å². The molecule has 5 nitrogen and oxygen atoms in total. The van der Waals surface area contributed by atoms with Crippen molar-refractivity contribution < 1.29 is 24.8 Å². The maximum absolute atomic E-state index is 9.82. The number of phenolic OH excluding ortho intramolecular Hbond substituents is 2. The van der Waals surface area contributed by atoms with Crippen LogP contribution in [0.4, 0.5) is 0 Å². The number of phenols is 2. The molecule has 120 valence electrons. The van der Waals surface area contributed by atoms with E-state index >= 15 is 0 Å². The number of rotatable bonds is 3. The van der Waals surface area contributed by atoms with Crippen LogP contribution in [0.25, 0.3) is 17.2 Å². The lowest BCUT2D eigenvalue weighted by atomic mass is 9.97. The molecule has 0 saturated carbocycles. The van der Waals surface area contributed by atoms with Crippen molar-refractivity contribution in [3.63, 3.8) is 0 Å². The third-order valence-electron chi connectivity index (χ3n) is 3.89. The molecule has 23 heavy (non-hydrogen) atoms. The molecule has 0 radical (unpaired) electrons. The van der Waals surface area contributed by atoms with E-state index in [2.05, 4.69) is 0 Å². The van der Waals surface area contributed by atoms with Gasteiger partial charge in [-0.15, -0.1) is 0 Å². The fourth-order valence-electron chi connectivity index (χ4n) is 2.50. The molecule has 1 atom stereocenters. The molecule has 0 spiro atoms. The van der Waals surface area contributed by atoms with Crippen LogP contribution in [-0.4, -0.2) is 34.6 Å². The van der Waals surface area contributed by atoms with Crippen LogP contribution in [0.15, 0.2) is 36.4 Å². The Morgan fingerprint density at radius 3 is 2.61 bits per heavy atom. The second kappa shape index (κ2) is 5.52. The topological polar surface area (TPSA) is 79.2 Å². The first kappa shape index (κ1) is 15.2. The highest BCUT2D eigenvalue weighted by atomic mass is 16.5. The second-order valence-electron chi connectivity index (χ2n) is 5.71. The summed E-state index contributed by atoms with van der Waals surface area (Å²) in [4.78, 5) is 0. The van der Waals surface area contributed by atoms with Crippen LogP contribution in [0.5, 0.6) is 23.0 Å². The van der Waals surface area contributed by atoms with Gasteiger partial charge in [-0.25, -0.2) is 0 Å². The monoisotopic (exact) mass is 314 g/mol. The van der Waals surface area contributed by atoms with Gasteiger partial charge in [0.25, 0.3) is 0 Å². The highest BCUT2D eigenvalue weighted by Gasteiger charge is 2.26. The summed E-state index contributed by atoms with van der Waals surface area (Å²) >= 11 is 0. The Morgan fingerprint density at radius 1 is 1.13 bits per heavy atom. The molecule has 0 saturated heterocycles. The molecule has 5 heteroatoms. The summed E-state index contributed by atoms with van der Waals surface area (Å²) in [5, 5.41) is 28.9. The van der Waals surface area contributed by atoms with Crippen molar-refractivity contribution in [2.24, 2.45) is 0 Å². The fourth-order valence-corrected chi connectivity index (χ4v) is 2.50. The van der Waals surface area contributed by atoms with Crippen LogP contribution in [0.2, 0.25) is 0 Å². The quantitative estimate of drug-likeness (QED) is 0.759. The first-order chi connectivity index (χ1) is 11.0. The van der Waals surface area contributed by atoms with E-state index in [0.717, 1.165) is 11.1 Å². The van der Waals surface area contributed by atoms with Crippen molar-refractivity contribution in [2.45, 2.75) is 12.5 Å². The molecule has 3 N–H and O–H groups in total. The minimum absolute atomic E-state index is 0.103. The van der Waals surface area contributed by atoms with E-state index in [4.69, 9.17) is 9.47 Å². The average Bonchev–Trinajstić information content (AvgIpc) is 2.56. The van der Waals surface area contributed by atoms with Crippen LogP contribution < -0.4 is 9.47 Å². The van der Waals surface area contributed by atoms with Crippen molar-refractivity contribution in [1.82, 2.24) is 0 Å². The summed E-state index contributed by atoms with van der Waals surface area (Å²) in [6.45, 7) is 1.71. The Labute approximate surface area is 134 Å². The number of ether oxygens (including phenoxy) is 2. The van der Waals surface area contributed by atoms with Gasteiger partial charge in [-0.05, 0) is 48.4 Å². The van der Waals surface area contributed by atoms with Gasteiger partial charge in [-0.3, -0.25) is 0 Å². The van der Waals surface area contributed by atoms with Crippen molar-refractivity contribution in [3.8, 4) is 34.1 Å². The van der Waals surface area contributed by atoms with E-state index in [1.54, 1.807) is 6.07 Å². The molecule has 2 aromatic carbocycles. The lowest BCUT2D eigenvalue weighted by Crippen LogP contribution is -2.35. The Morgan fingerprint density at radius 2 is 1.91 bits per heavy atom. The second-order valence-corrected chi connectivity index (χ2v) is 5.71. The number of hydrogen-bond donors (Lipinski definition) is 3. The molecule has 0 unspecified atom stereocenters. The normalized spacial score (nSPS) is 19.1. The van der Waals surface area contributed by atoms with Crippen molar-refractivity contribution in [1.29, 1.82) is 0 Å². The number of aliphatic hydroxyl groups excluding tert-OH is 1. The van der Waals surface area contributed by atoms with Gasteiger partial charge in [-0.2, -0.15) is 0 Å². The average molecular weight is 314 g/mol. The maximum atomic E-state index is 9.82. The summed E-state index contributed by atoms with van der Waals surface area (Å²) in [5.74, 6) is 0.369. The predicted octanol–water partition coefficient (Wildman–Crippen LogP) is 2.93. The summed E-state index contributed by atoms with van der Waals surface area (Å²) in [7, 11) is 1.43. The molecular weight excluding hydrogens is 296 g/mol.